The molecule has 0 aliphatic carbocycles. The lowest BCUT2D eigenvalue weighted by Crippen LogP contribution is -2.32. The quantitative estimate of drug-likeness (QED) is 0.769. The molecular weight excluding hydrogens is 328 g/mol. The number of carbonyl (C=O) groups excluding carboxylic acids is 2. The number of benzene rings is 1. The standard InChI is InChI=1S/C20H22N4O2/c1-4-23(15-10-6-5-7-11-15)20(26)17-16-12-8-9-13-24(16)18(22-17)19(25)21-14(2)3/h5-14H,4H2,1-3H3,(H,21,25). The van der Waals surface area contributed by atoms with E-state index in [4.69, 9.17) is 0 Å². The normalized spacial score (nSPS) is 10.9. The summed E-state index contributed by atoms with van der Waals surface area (Å²) in [6.45, 7) is 6.18. The second kappa shape index (κ2) is 7.39. The van der Waals surface area contributed by atoms with Gasteiger partial charge in [0.15, 0.2) is 5.69 Å². The maximum absolute atomic E-state index is 13.2. The zero-order valence-electron chi connectivity index (χ0n) is 15.1. The van der Waals surface area contributed by atoms with Gasteiger partial charge in [-0.3, -0.25) is 14.0 Å². The van der Waals surface area contributed by atoms with Crippen LogP contribution in [0, 0.1) is 0 Å². The van der Waals surface area contributed by atoms with Gasteiger partial charge in [0.2, 0.25) is 5.82 Å². The van der Waals surface area contributed by atoms with E-state index in [0.717, 1.165) is 5.69 Å². The van der Waals surface area contributed by atoms with Gasteiger partial charge in [0.1, 0.15) is 0 Å². The van der Waals surface area contributed by atoms with Crippen LogP contribution in [0.5, 0.6) is 0 Å². The molecule has 3 rings (SSSR count). The number of pyridine rings is 1. The Hall–Kier alpha value is -3.15. The highest BCUT2D eigenvalue weighted by Gasteiger charge is 2.25. The van der Waals surface area contributed by atoms with E-state index in [9.17, 15) is 9.59 Å². The molecule has 0 aliphatic heterocycles. The van der Waals surface area contributed by atoms with E-state index in [2.05, 4.69) is 10.3 Å². The highest BCUT2D eigenvalue weighted by molar-refractivity contribution is 6.10. The summed E-state index contributed by atoms with van der Waals surface area (Å²) in [6, 6.07) is 14.9. The molecule has 26 heavy (non-hydrogen) atoms. The first-order chi connectivity index (χ1) is 12.5. The molecule has 0 bridgehead atoms. The summed E-state index contributed by atoms with van der Waals surface area (Å²) in [5.74, 6) is -0.323. The van der Waals surface area contributed by atoms with Crippen LogP contribution in [0.1, 0.15) is 41.9 Å². The van der Waals surface area contributed by atoms with Gasteiger partial charge >= 0.3 is 0 Å². The lowest BCUT2D eigenvalue weighted by Gasteiger charge is -2.20. The molecule has 2 amide bonds. The Bertz CT molecular complexity index is 931. The third kappa shape index (κ3) is 3.31. The van der Waals surface area contributed by atoms with E-state index in [1.165, 1.54) is 0 Å². The topological polar surface area (TPSA) is 66.7 Å². The Kier molecular flexibility index (Phi) is 5.02. The highest BCUT2D eigenvalue weighted by atomic mass is 16.2. The van der Waals surface area contributed by atoms with Crippen LogP contribution < -0.4 is 10.2 Å². The number of imidazole rings is 1. The third-order valence-corrected chi connectivity index (χ3v) is 4.00. The van der Waals surface area contributed by atoms with Crippen LogP contribution in [-0.2, 0) is 0 Å². The Morgan fingerprint density at radius 3 is 2.46 bits per heavy atom. The monoisotopic (exact) mass is 350 g/mol. The molecule has 0 unspecified atom stereocenters. The van der Waals surface area contributed by atoms with Crippen molar-refractivity contribution in [1.29, 1.82) is 0 Å². The van der Waals surface area contributed by atoms with Crippen LogP contribution in [0.25, 0.3) is 5.52 Å². The Morgan fingerprint density at radius 2 is 1.81 bits per heavy atom. The SMILES string of the molecule is CCN(C(=O)c1nc(C(=O)NC(C)C)n2ccccc12)c1ccccc1. The molecular formula is C20H22N4O2. The molecule has 0 radical (unpaired) electrons. The first kappa shape index (κ1) is 17.7. The number of aromatic nitrogens is 2. The van der Waals surface area contributed by atoms with E-state index < -0.39 is 0 Å². The number of rotatable bonds is 5. The fourth-order valence-corrected chi connectivity index (χ4v) is 2.86. The minimum Gasteiger partial charge on any atom is -0.347 e. The zero-order valence-corrected chi connectivity index (χ0v) is 15.1. The average Bonchev–Trinajstić information content (AvgIpc) is 3.02. The predicted molar refractivity (Wildman–Crippen MR) is 102 cm³/mol. The number of nitrogens with zero attached hydrogens (tertiary/aromatic N) is 3. The van der Waals surface area contributed by atoms with Crippen LogP contribution >= 0.6 is 0 Å². The van der Waals surface area contributed by atoms with Gasteiger partial charge in [-0.1, -0.05) is 24.3 Å². The van der Waals surface area contributed by atoms with Crippen LogP contribution in [0.3, 0.4) is 0 Å². The molecule has 0 saturated heterocycles. The number of anilines is 1. The molecule has 0 fully saturated rings. The van der Waals surface area contributed by atoms with Crippen LogP contribution in [0.15, 0.2) is 54.7 Å². The number of hydrogen-bond acceptors (Lipinski definition) is 3. The van der Waals surface area contributed by atoms with Gasteiger partial charge in [0.05, 0.1) is 5.52 Å². The summed E-state index contributed by atoms with van der Waals surface area (Å²) in [6.07, 6.45) is 1.74. The van der Waals surface area contributed by atoms with E-state index >= 15 is 0 Å². The van der Waals surface area contributed by atoms with Crippen molar-refractivity contribution < 1.29 is 9.59 Å². The van der Waals surface area contributed by atoms with Gasteiger partial charge in [0.25, 0.3) is 11.8 Å². The summed E-state index contributed by atoms with van der Waals surface area (Å²) in [7, 11) is 0. The second-order valence-corrected chi connectivity index (χ2v) is 6.25. The van der Waals surface area contributed by atoms with Crippen LogP contribution in [0.4, 0.5) is 5.69 Å². The van der Waals surface area contributed by atoms with Gasteiger partial charge in [-0.15, -0.1) is 0 Å². The van der Waals surface area contributed by atoms with Crippen molar-refractivity contribution in [2.75, 3.05) is 11.4 Å². The van der Waals surface area contributed by atoms with Crippen LogP contribution in [-0.4, -0.2) is 33.8 Å². The Labute approximate surface area is 152 Å². The van der Waals surface area contributed by atoms with Crippen molar-refractivity contribution >= 4 is 23.0 Å². The third-order valence-electron chi connectivity index (χ3n) is 4.00. The number of amides is 2. The molecule has 1 aromatic carbocycles. The fourth-order valence-electron chi connectivity index (χ4n) is 2.86. The fraction of sp³-hybridized carbons (Fsp3) is 0.250. The predicted octanol–water partition coefficient (Wildman–Crippen LogP) is 3.14. The molecule has 0 saturated carbocycles. The molecule has 134 valence electrons. The molecule has 3 aromatic rings. The molecule has 2 aromatic heterocycles. The van der Waals surface area contributed by atoms with E-state index in [-0.39, 0.29) is 29.4 Å². The van der Waals surface area contributed by atoms with Crippen molar-refractivity contribution in [2.45, 2.75) is 26.8 Å². The second-order valence-electron chi connectivity index (χ2n) is 6.25. The van der Waals surface area contributed by atoms with E-state index in [0.29, 0.717) is 12.1 Å². The lowest BCUT2D eigenvalue weighted by molar-refractivity contribution is 0.0932. The van der Waals surface area contributed by atoms with Gasteiger partial charge < -0.3 is 10.2 Å². The van der Waals surface area contributed by atoms with Gasteiger partial charge in [0, 0.05) is 24.5 Å². The smallest absolute Gasteiger partial charge is 0.287 e. The maximum Gasteiger partial charge on any atom is 0.287 e. The minimum absolute atomic E-state index is 0.0193. The first-order valence-corrected chi connectivity index (χ1v) is 8.67. The average molecular weight is 350 g/mol. The lowest BCUT2D eigenvalue weighted by atomic mass is 10.2. The minimum atomic E-state index is -0.303. The summed E-state index contributed by atoms with van der Waals surface area (Å²) in [4.78, 5) is 31.7. The molecule has 6 heteroatoms. The summed E-state index contributed by atoms with van der Waals surface area (Å²) in [5.41, 5.74) is 1.68. The number of para-hydroxylation sites is 1. The molecule has 6 nitrogen and oxygen atoms in total. The maximum atomic E-state index is 13.2. The summed E-state index contributed by atoms with van der Waals surface area (Å²) in [5, 5.41) is 2.83. The summed E-state index contributed by atoms with van der Waals surface area (Å²) < 4.78 is 1.66. The molecule has 0 aliphatic rings. The van der Waals surface area contributed by atoms with E-state index in [1.807, 2.05) is 63.2 Å². The highest BCUT2D eigenvalue weighted by Crippen LogP contribution is 2.20. The Morgan fingerprint density at radius 1 is 1.12 bits per heavy atom. The van der Waals surface area contributed by atoms with Crippen molar-refractivity contribution in [3.8, 4) is 0 Å². The largest absolute Gasteiger partial charge is 0.347 e. The first-order valence-electron chi connectivity index (χ1n) is 8.67. The molecule has 0 spiro atoms. The van der Waals surface area contributed by atoms with Gasteiger partial charge in [-0.2, -0.15) is 0 Å². The van der Waals surface area contributed by atoms with Crippen LogP contribution in [0.2, 0.25) is 0 Å². The van der Waals surface area contributed by atoms with E-state index in [1.54, 1.807) is 21.6 Å². The number of nitrogens with one attached hydrogen (secondary N) is 1. The Balaban J connectivity index is 2.07. The molecule has 0 atom stereocenters. The molecule has 1 N–H and O–H groups in total. The number of hydrogen-bond donors (Lipinski definition) is 1. The van der Waals surface area contributed by atoms with Crippen molar-refractivity contribution in [1.82, 2.24) is 14.7 Å². The van der Waals surface area contributed by atoms with Crippen molar-refractivity contribution in [3.63, 3.8) is 0 Å². The number of carbonyl (C=O) groups is 2. The molecule has 2 heterocycles. The van der Waals surface area contributed by atoms with Gasteiger partial charge in [-0.05, 0) is 45.0 Å². The summed E-state index contributed by atoms with van der Waals surface area (Å²) >= 11 is 0. The van der Waals surface area contributed by atoms with Crippen molar-refractivity contribution in [3.05, 3.63) is 66.2 Å². The zero-order chi connectivity index (χ0) is 18.7. The van der Waals surface area contributed by atoms with Gasteiger partial charge in [-0.25, -0.2) is 4.98 Å². The number of fused-ring (bicyclic) bond motifs is 1. The van der Waals surface area contributed by atoms with Crippen molar-refractivity contribution in [2.24, 2.45) is 0 Å².